The number of benzene rings is 2. The van der Waals surface area contributed by atoms with Crippen LogP contribution in [0.15, 0.2) is 42.5 Å². The van der Waals surface area contributed by atoms with Crippen molar-refractivity contribution in [3.8, 4) is 5.75 Å². The largest absolute Gasteiger partial charge is 0.483 e. The fourth-order valence-corrected chi connectivity index (χ4v) is 4.62. The molecule has 5 nitrogen and oxygen atoms in total. The number of hydrogen-bond donors (Lipinski definition) is 1. The molecule has 1 fully saturated rings. The number of carbonyl (C=O) groups is 2. The van der Waals surface area contributed by atoms with Gasteiger partial charge in [0.25, 0.3) is 5.91 Å². The highest BCUT2D eigenvalue weighted by Crippen LogP contribution is 2.21. The lowest BCUT2D eigenvalue weighted by atomic mass is 9.95. The molecule has 178 valence electrons. The molecular formula is C28H38N2O3. The minimum absolute atomic E-state index is 0.0575. The van der Waals surface area contributed by atoms with Crippen LogP contribution in [-0.2, 0) is 16.1 Å². The lowest BCUT2D eigenvalue weighted by Crippen LogP contribution is -2.52. The maximum absolute atomic E-state index is 13.4. The van der Waals surface area contributed by atoms with E-state index in [1.54, 1.807) is 4.90 Å². The molecule has 0 heterocycles. The Labute approximate surface area is 198 Å². The van der Waals surface area contributed by atoms with Crippen molar-refractivity contribution in [3.63, 3.8) is 0 Å². The number of nitrogens with zero attached hydrogens (tertiary/aromatic N) is 1. The number of hydrogen-bond acceptors (Lipinski definition) is 3. The van der Waals surface area contributed by atoms with Crippen LogP contribution in [0.25, 0.3) is 0 Å². The Hall–Kier alpha value is -2.82. The van der Waals surface area contributed by atoms with Crippen molar-refractivity contribution in [2.75, 3.05) is 6.61 Å². The fourth-order valence-electron chi connectivity index (χ4n) is 4.62. The first-order chi connectivity index (χ1) is 15.9. The van der Waals surface area contributed by atoms with Gasteiger partial charge in [0.05, 0.1) is 0 Å². The topological polar surface area (TPSA) is 58.6 Å². The highest BCUT2D eigenvalue weighted by molar-refractivity contribution is 5.88. The summed E-state index contributed by atoms with van der Waals surface area (Å²) in [5.41, 5.74) is 4.29. The Morgan fingerprint density at radius 2 is 1.76 bits per heavy atom. The normalized spacial score (nSPS) is 15.0. The molecule has 0 unspecified atom stereocenters. The third-order valence-corrected chi connectivity index (χ3v) is 6.62. The first-order valence-electron chi connectivity index (χ1n) is 12.2. The maximum atomic E-state index is 13.4. The van der Waals surface area contributed by atoms with Crippen molar-refractivity contribution < 1.29 is 14.3 Å². The Bertz CT molecular complexity index is 950. The molecule has 1 N–H and O–H groups in total. The molecule has 0 bridgehead atoms. The van der Waals surface area contributed by atoms with Crippen molar-refractivity contribution in [1.82, 2.24) is 10.2 Å². The molecule has 2 amide bonds. The third kappa shape index (κ3) is 6.83. The van der Waals surface area contributed by atoms with E-state index in [4.69, 9.17) is 4.74 Å². The number of amides is 2. The Morgan fingerprint density at radius 3 is 2.42 bits per heavy atom. The zero-order valence-electron chi connectivity index (χ0n) is 20.5. The summed E-state index contributed by atoms with van der Waals surface area (Å²) in [6, 6.07) is 13.6. The van der Waals surface area contributed by atoms with Gasteiger partial charge in [-0.2, -0.15) is 0 Å². The summed E-state index contributed by atoms with van der Waals surface area (Å²) in [7, 11) is 0. The van der Waals surface area contributed by atoms with E-state index >= 15 is 0 Å². The van der Waals surface area contributed by atoms with Crippen molar-refractivity contribution >= 4 is 11.8 Å². The van der Waals surface area contributed by atoms with Gasteiger partial charge in [-0.1, -0.05) is 68.1 Å². The fraction of sp³-hybridized carbons (Fsp3) is 0.500. The summed E-state index contributed by atoms with van der Waals surface area (Å²) >= 11 is 0. The molecule has 3 rings (SSSR count). The summed E-state index contributed by atoms with van der Waals surface area (Å²) in [4.78, 5) is 28.4. The van der Waals surface area contributed by atoms with Gasteiger partial charge in [-0.3, -0.25) is 9.59 Å². The van der Waals surface area contributed by atoms with Crippen LogP contribution in [0.1, 0.15) is 67.7 Å². The first-order valence-corrected chi connectivity index (χ1v) is 12.2. The van der Waals surface area contributed by atoms with Gasteiger partial charge < -0.3 is 15.0 Å². The highest BCUT2D eigenvalue weighted by Gasteiger charge is 2.30. The molecule has 1 aliphatic carbocycles. The van der Waals surface area contributed by atoms with Crippen LogP contribution in [0.5, 0.6) is 5.75 Å². The van der Waals surface area contributed by atoms with Crippen LogP contribution < -0.4 is 10.1 Å². The second-order valence-corrected chi connectivity index (χ2v) is 9.27. The third-order valence-electron chi connectivity index (χ3n) is 6.62. The van der Waals surface area contributed by atoms with Crippen molar-refractivity contribution in [1.29, 1.82) is 0 Å². The molecule has 1 saturated carbocycles. The van der Waals surface area contributed by atoms with E-state index in [1.165, 1.54) is 6.42 Å². The standard InChI is InChI=1S/C28H38N2O3/c1-5-25(28(32)29-24-13-7-6-8-14-24)30(18-23-12-10-9-11-21(23)3)27(31)19-33-26-16-15-20(2)17-22(26)4/h9-12,15-17,24-25H,5-8,13-14,18-19H2,1-4H3,(H,29,32)/t25-/m1/s1. The molecule has 0 spiro atoms. The maximum Gasteiger partial charge on any atom is 0.261 e. The number of rotatable bonds is 9. The molecular weight excluding hydrogens is 412 g/mol. The molecule has 2 aromatic rings. The van der Waals surface area contributed by atoms with Crippen molar-refractivity contribution in [2.45, 2.75) is 84.8 Å². The lowest BCUT2D eigenvalue weighted by molar-refractivity contribution is -0.143. The van der Waals surface area contributed by atoms with Crippen LogP contribution in [0.3, 0.4) is 0 Å². The summed E-state index contributed by atoms with van der Waals surface area (Å²) in [6.45, 7) is 8.30. The van der Waals surface area contributed by atoms with Gasteiger partial charge in [0.15, 0.2) is 6.61 Å². The minimum atomic E-state index is -0.526. The monoisotopic (exact) mass is 450 g/mol. The molecule has 0 radical (unpaired) electrons. The second-order valence-electron chi connectivity index (χ2n) is 9.27. The number of carbonyl (C=O) groups excluding carboxylic acids is 2. The number of aryl methyl sites for hydroxylation is 3. The van der Waals surface area contributed by atoms with E-state index in [-0.39, 0.29) is 24.5 Å². The van der Waals surface area contributed by atoms with Gasteiger partial charge in [0.1, 0.15) is 11.8 Å². The van der Waals surface area contributed by atoms with Gasteiger partial charge in [0, 0.05) is 12.6 Å². The van der Waals surface area contributed by atoms with Gasteiger partial charge in [-0.25, -0.2) is 0 Å². The zero-order valence-corrected chi connectivity index (χ0v) is 20.5. The van der Waals surface area contributed by atoms with E-state index in [0.717, 1.165) is 47.9 Å². The Morgan fingerprint density at radius 1 is 1.03 bits per heavy atom. The second kappa shape index (κ2) is 11.9. The van der Waals surface area contributed by atoms with Crippen LogP contribution in [0.4, 0.5) is 0 Å². The SMILES string of the molecule is CC[C@H](C(=O)NC1CCCCC1)N(Cc1ccccc1C)C(=O)COc1ccc(C)cc1C. The van der Waals surface area contributed by atoms with E-state index < -0.39 is 6.04 Å². The van der Waals surface area contributed by atoms with Crippen LogP contribution in [-0.4, -0.2) is 35.4 Å². The molecule has 1 aliphatic rings. The van der Waals surface area contributed by atoms with Gasteiger partial charge >= 0.3 is 0 Å². The molecule has 2 aromatic carbocycles. The molecule has 1 atom stereocenters. The predicted molar refractivity (Wildman–Crippen MR) is 132 cm³/mol. The summed E-state index contributed by atoms with van der Waals surface area (Å²) in [5, 5.41) is 3.22. The van der Waals surface area contributed by atoms with Gasteiger partial charge in [-0.15, -0.1) is 0 Å². The molecule has 5 heteroatoms. The molecule has 0 aliphatic heterocycles. The molecule has 0 saturated heterocycles. The van der Waals surface area contributed by atoms with Crippen LogP contribution in [0.2, 0.25) is 0 Å². The van der Waals surface area contributed by atoms with E-state index in [9.17, 15) is 9.59 Å². The van der Waals surface area contributed by atoms with Crippen LogP contribution >= 0.6 is 0 Å². The Balaban J connectivity index is 1.78. The smallest absolute Gasteiger partial charge is 0.261 e. The Kier molecular flexibility index (Phi) is 8.93. The quantitative estimate of drug-likeness (QED) is 0.568. The van der Waals surface area contributed by atoms with E-state index in [2.05, 4.69) is 5.32 Å². The van der Waals surface area contributed by atoms with Crippen molar-refractivity contribution in [2.24, 2.45) is 0 Å². The van der Waals surface area contributed by atoms with Crippen molar-refractivity contribution in [3.05, 3.63) is 64.7 Å². The summed E-state index contributed by atoms with van der Waals surface area (Å²) in [6.07, 6.45) is 6.12. The lowest BCUT2D eigenvalue weighted by Gasteiger charge is -2.33. The van der Waals surface area contributed by atoms with E-state index in [1.807, 2.05) is 70.2 Å². The van der Waals surface area contributed by atoms with Gasteiger partial charge in [-0.05, 0) is 62.8 Å². The number of nitrogens with one attached hydrogen (secondary N) is 1. The van der Waals surface area contributed by atoms with Crippen LogP contribution in [0, 0.1) is 20.8 Å². The summed E-state index contributed by atoms with van der Waals surface area (Å²) < 4.78 is 5.90. The molecule has 0 aromatic heterocycles. The summed E-state index contributed by atoms with van der Waals surface area (Å²) in [5.74, 6) is 0.464. The zero-order chi connectivity index (χ0) is 23.8. The highest BCUT2D eigenvalue weighted by atomic mass is 16.5. The van der Waals surface area contributed by atoms with Gasteiger partial charge in [0.2, 0.25) is 5.91 Å². The first kappa shape index (κ1) is 24.8. The number of ether oxygens (including phenoxy) is 1. The minimum Gasteiger partial charge on any atom is -0.483 e. The average Bonchev–Trinajstić information content (AvgIpc) is 2.80. The average molecular weight is 451 g/mol. The van der Waals surface area contributed by atoms with E-state index in [0.29, 0.717) is 18.7 Å². The predicted octanol–water partition coefficient (Wildman–Crippen LogP) is 5.25. The molecule has 33 heavy (non-hydrogen) atoms.